The largest absolute Gasteiger partial charge is 0.464 e. The van der Waals surface area contributed by atoms with Crippen LogP contribution in [0.25, 0.3) is 0 Å². The van der Waals surface area contributed by atoms with Crippen LogP contribution in [0.4, 0.5) is 14.4 Å². The van der Waals surface area contributed by atoms with Crippen LogP contribution in [-0.2, 0) is 92.7 Å². The number of benzene rings is 1. The lowest BCUT2D eigenvalue weighted by Crippen LogP contribution is -2.62. The van der Waals surface area contributed by atoms with Gasteiger partial charge in [0.25, 0.3) is 17.7 Å². The summed E-state index contributed by atoms with van der Waals surface area (Å²) in [6.45, 7) is 39.4. The summed E-state index contributed by atoms with van der Waals surface area (Å²) in [4.78, 5) is 241. The molecule has 36 heteroatoms. The van der Waals surface area contributed by atoms with E-state index >= 15 is 0 Å². The van der Waals surface area contributed by atoms with Crippen LogP contribution in [0.2, 0.25) is 0 Å². The fourth-order valence-electron chi connectivity index (χ4n) is 21.4. The Labute approximate surface area is 806 Å². The third-order valence-corrected chi connectivity index (χ3v) is 31.5. The monoisotopic (exact) mass is 1910 g/mol. The number of nitrogens with one attached hydrogen (secondary N) is 9. The van der Waals surface area contributed by atoms with Crippen molar-refractivity contribution >= 4 is 107 Å². The van der Waals surface area contributed by atoms with Gasteiger partial charge in [-0.2, -0.15) is 0 Å². The van der Waals surface area contributed by atoms with Crippen molar-refractivity contribution in [2.45, 2.75) is 340 Å². The van der Waals surface area contributed by atoms with E-state index in [9.17, 15) is 86.3 Å². The molecule has 3 saturated heterocycles. The molecule has 0 aromatic heterocycles. The molecule has 1 aromatic rings. The molecule has 12 fully saturated rings. The Kier molecular flexibility index (Phi) is 33.1. The fraction of sp³-hybridized carbons (Fsp3) is 0.762. The van der Waals surface area contributed by atoms with E-state index in [0.29, 0.717) is 63.9 Å². The van der Waals surface area contributed by atoms with E-state index in [1.807, 2.05) is 99.6 Å². The van der Waals surface area contributed by atoms with Gasteiger partial charge in [-0.1, -0.05) is 233 Å². The normalized spacial score (nSPS) is 25.6. The molecule has 0 spiro atoms. The number of fused-ring (bicyclic) bond motifs is 3. The summed E-state index contributed by atoms with van der Waals surface area (Å²) in [6, 6.07) is -4.40. The standard InChI is InChI=1S/C36H53N5O7.C33H51N5O7.C32H51N5O7/c1-34(2,3)27(39-33(47)40-28(35(4,5)6)32(46)48-19-21-13-10-9-11-14-21)31(45)41-18-22-24(36(22,7)8)25(41)30(44)38-23(26(42)29(37)43)17-20-15-12-16-20;1-32(2,3)26(37-31(44)36-23(19-8-6-7-9-19)30(43)45-16-18-12-13-18)29(42)38-15-20-22(33(20,4)5)24(38)28(41)35-21(14-17-10-11-17)25(39)27(34)40;1-16(2)22(29(42)44-15-18-11-12-18)35-30(43)36-25(31(3,4)5)28(41)37-14-19-21(32(19,6)7)23(37)27(40)34-20(24(38)26(33)39)13-17-9-8-10-17/h9-11,13-14,20,22-25,27-28H,12,15-19H2,1-8H3,(H2,37,43)(H,38,44)(H2,39,40,47);17-24,26H,6-16H2,1-5H3,(H2,34,40)(H,35,41)(H2,36,37,44);16-23,25H,8-15H2,1-7H3,(H2,33,39)(H,34,40)(H2,35,36,43)/t22-,23?,24-,25-,27+,28+;20-,21?,22-,23-,24-,26+;19-,20?,21-,22-,23-,25+/m000/s1. The zero-order chi connectivity index (χ0) is 101. The van der Waals surface area contributed by atoms with Crippen molar-refractivity contribution in [1.29, 1.82) is 0 Å². The zero-order valence-corrected chi connectivity index (χ0v) is 84.1. The number of primary amides is 3. The summed E-state index contributed by atoms with van der Waals surface area (Å²) in [5.41, 5.74) is 13.2. The number of Topliss-reactive ketones (excluding diaryl/α,β-unsaturated/α-hetero) is 3. The smallest absolute Gasteiger partial charge is 0.329 e. The minimum atomic E-state index is -1.11. The molecular formula is C101H155N15O21. The van der Waals surface area contributed by atoms with E-state index in [2.05, 4.69) is 61.7 Å². The Morgan fingerprint density at radius 1 is 0.365 bits per heavy atom. The molecule has 3 heterocycles. The fourth-order valence-corrected chi connectivity index (χ4v) is 21.4. The molecule has 3 unspecified atom stereocenters. The second-order valence-electron chi connectivity index (χ2n) is 47.8. The number of likely N-dealkylation sites (tertiary alicyclic amines) is 3. The Balaban J connectivity index is 0.000000197. The van der Waals surface area contributed by atoms with Gasteiger partial charge in [-0.25, -0.2) is 28.8 Å². The number of ether oxygens (including phenoxy) is 3. The molecule has 760 valence electrons. The molecule has 9 saturated carbocycles. The van der Waals surface area contributed by atoms with E-state index < -0.39 is 201 Å². The number of nitrogens with two attached hydrogens (primary N) is 3. The van der Waals surface area contributed by atoms with Crippen molar-refractivity contribution in [3.05, 3.63) is 35.9 Å². The average Bonchev–Trinajstić information content (AvgIpc) is 1.53. The van der Waals surface area contributed by atoms with Gasteiger partial charge in [0.05, 0.1) is 31.3 Å². The van der Waals surface area contributed by atoms with Gasteiger partial charge in [-0.15, -0.1) is 0 Å². The lowest BCUT2D eigenvalue weighted by atomic mass is 9.80. The number of nitrogens with zero attached hydrogens (tertiary/aromatic N) is 3. The number of carbonyl (C=O) groups excluding carboxylic acids is 18. The highest BCUT2D eigenvalue weighted by molar-refractivity contribution is 6.39. The number of carbonyl (C=O) groups is 18. The first kappa shape index (κ1) is 107. The van der Waals surface area contributed by atoms with Gasteiger partial charge in [0.2, 0.25) is 52.8 Å². The second-order valence-corrected chi connectivity index (χ2v) is 47.8. The number of rotatable bonds is 38. The molecule has 9 aliphatic carbocycles. The van der Waals surface area contributed by atoms with Crippen molar-refractivity contribution < 1.29 is 101 Å². The van der Waals surface area contributed by atoms with E-state index in [-0.39, 0.29) is 87.9 Å². The predicted molar refractivity (Wildman–Crippen MR) is 504 cm³/mol. The van der Waals surface area contributed by atoms with Gasteiger partial charge in [-0.3, -0.25) is 57.5 Å². The number of hydrogen-bond acceptors (Lipinski definition) is 21. The van der Waals surface area contributed by atoms with Gasteiger partial charge in [0.15, 0.2) is 0 Å². The predicted octanol–water partition coefficient (Wildman–Crippen LogP) is 7.00. The van der Waals surface area contributed by atoms with Crippen molar-refractivity contribution in [2.75, 3.05) is 32.8 Å². The van der Waals surface area contributed by atoms with Crippen LogP contribution >= 0.6 is 0 Å². The highest BCUT2D eigenvalue weighted by Crippen LogP contribution is 2.67. The minimum Gasteiger partial charge on any atom is -0.464 e. The van der Waals surface area contributed by atoms with Gasteiger partial charge in [0, 0.05) is 19.6 Å². The molecule has 0 radical (unpaired) electrons. The Morgan fingerprint density at radius 3 is 0.971 bits per heavy atom. The van der Waals surface area contributed by atoms with E-state index in [1.54, 1.807) is 55.4 Å². The number of esters is 3. The molecule has 15 N–H and O–H groups in total. The molecule has 137 heavy (non-hydrogen) atoms. The highest BCUT2D eigenvalue weighted by atomic mass is 16.5. The molecule has 1 aromatic carbocycles. The topological polar surface area (TPSA) is 531 Å². The Morgan fingerprint density at radius 2 is 0.672 bits per heavy atom. The molecule has 15 amide bonds. The molecule has 12 aliphatic rings. The van der Waals surface area contributed by atoms with Gasteiger partial charge in [0.1, 0.15) is 61.0 Å². The molecule has 36 nitrogen and oxygen atoms in total. The maximum atomic E-state index is 14.3. The zero-order valence-electron chi connectivity index (χ0n) is 84.1. The van der Waals surface area contributed by atoms with Crippen LogP contribution in [0, 0.1) is 115 Å². The summed E-state index contributed by atoms with van der Waals surface area (Å²) >= 11 is 0. The quantitative estimate of drug-likeness (QED) is 0.0180. The number of hydrogen-bond donors (Lipinski definition) is 12. The van der Waals surface area contributed by atoms with Gasteiger partial charge in [-0.05, 0) is 178 Å². The summed E-state index contributed by atoms with van der Waals surface area (Å²) < 4.78 is 16.5. The lowest BCUT2D eigenvalue weighted by molar-refractivity contribution is -0.150. The first-order chi connectivity index (χ1) is 63.7. The van der Waals surface area contributed by atoms with Crippen molar-refractivity contribution in [1.82, 2.24) is 62.6 Å². The lowest BCUT2D eigenvalue weighted by Gasteiger charge is -2.38. The summed E-state index contributed by atoms with van der Waals surface area (Å²) in [7, 11) is 0. The third kappa shape index (κ3) is 26.2. The molecule has 0 bridgehead atoms. The van der Waals surface area contributed by atoms with Crippen LogP contribution in [0.1, 0.15) is 266 Å². The Hall–Kier alpha value is -10.3. The first-order valence-electron chi connectivity index (χ1n) is 49.8. The van der Waals surface area contributed by atoms with E-state index in [1.165, 1.54) is 14.7 Å². The van der Waals surface area contributed by atoms with Gasteiger partial charge < -0.3 is 94.0 Å². The highest BCUT2D eigenvalue weighted by Gasteiger charge is 2.73. The maximum absolute atomic E-state index is 14.3. The number of piperidine rings is 3. The molecule has 13 rings (SSSR count). The van der Waals surface area contributed by atoms with Crippen LogP contribution < -0.4 is 65.1 Å². The average molecular weight is 1920 g/mol. The SMILES string of the molecule is CC(C)(C)[C@H](NC(=O)N[C@H](C(=O)N1C[C@H]2[C@@H]([C@H]1C(=O)NC(CC1CCC1)C(=O)C(N)=O)C2(C)C)C(C)(C)C)C(=O)OCc1ccccc1.CC(C)(C)[C@H](NC(=O)N[C@H](C(=O)OCC1CC1)C1CCCC1)C(=O)N1C[C@H]2[C@@H]([C@H]1C(=O)NC(CC1CC1)C(=O)C(N)=O)C2(C)C.CC(C)[C@H](NC(=O)N[C@H](C(=O)N1C[C@H]2[C@@H]([C@H]1C(=O)NC(CC1CCC1)C(=O)C(N)=O)C2(C)C)C(C)(C)C)C(=O)OCC1CC1. The van der Waals surface area contributed by atoms with E-state index in [4.69, 9.17) is 31.4 Å². The first-order valence-corrected chi connectivity index (χ1v) is 49.8. The molecule has 3 aliphatic heterocycles. The molecular weight excluding hydrogens is 1760 g/mol. The van der Waals surface area contributed by atoms with Crippen LogP contribution in [0.5, 0.6) is 0 Å². The second kappa shape index (κ2) is 42.4. The van der Waals surface area contributed by atoms with Gasteiger partial charge >= 0.3 is 36.0 Å². The molecule has 18 atom stereocenters. The number of urea groups is 3. The summed E-state index contributed by atoms with van der Waals surface area (Å²) in [5.74, 6) is -9.20. The van der Waals surface area contributed by atoms with Crippen LogP contribution in [0.3, 0.4) is 0 Å². The minimum absolute atomic E-state index is 0.0288. The Bertz CT molecular complexity index is 4710. The van der Waals surface area contributed by atoms with Crippen molar-refractivity contribution in [3.8, 4) is 0 Å². The number of ketones is 3. The van der Waals surface area contributed by atoms with E-state index in [0.717, 1.165) is 108 Å². The number of amides is 15. The van der Waals surface area contributed by atoms with Crippen molar-refractivity contribution in [3.63, 3.8) is 0 Å². The third-order valence-electron chi connectivity index (χ3n) is 31.5. The van der Waals surface area contributed by atoms with Crippen LogP contribution in [0.15, 0.2) is 30.3 Å². The van der Waals surface area contributed by atoms with Crippen LogP contribution in [-0.4, -0.2) is 227 Å². The summed E-state index contributed by atoms with van der Waals surface area (Å²) in [6.07, 6.45) is 16.3. The summed E-state index contributed by atoms with van der Waals surface area (Å²) in [5, 5.41) is 25.0. The maximum Gasteiger partial charge on any atom is 0.329 e. The van der Waals surface area contributed by atoms with Crippen molar-refractivity contribution in [2.24, 2.45) is 132 Å².